The van der Waals surface area contributed by atoms with E-state index in [4.69, 9.17) is 0 Å². The van der Waals surface area contributed by atoms with Crippen LogP contribution in [0.25, 0.3) is 0 Å². The molecule has 0 radical (unpaired) electrons. The smallest absolute Gasteiger partial charge is 0.862 e. The van der Waals surface area contributed by atoms with Gasteiger partial charge in [0.05, 0.1) is 0 Å². The van der Waals surface area contributed by atoms with Gasteiger partial charge in [0, 0.05) is 12.5 Å². The number of nitrogens with one attached hydrogen (secondary N) is 1. The van der Waals surface area contributed by atoms with E-state index >= 15 is 0 Å². The first kappa shape index (κ1) is 44.5. The number of amides is 1. The molecule has 0 heterocycles. The largest absolute Gasteiger partial charge is 1.00 e. The van der Waals surface area contributed by atoms with E-state index in [0.717, 1.165) is 51.4 Å². The van der Waals surface area contributed by atoms with Crippen molar-refractivity contribution in [3.8, 4) is 0 Å². The van der Waals surface area contributed by atoms with Crippen LogP contribution < -0.4 is 40.0 Å². The van der Waals surface area contributed by atoms with Crippen LogP contribution in [0.5, 0.6) is 0 Å². The first-order valence-electron chi connectivity index (χ1n) is 18.2. The summed E-state index contributed by atoms with van der Waals surface area (Å²) >= 11 is 0. The number of aliphatic carboxylic acids is 1. The van der Waals surface area contributed by atoms with Crippen molar-refractivity contribution in [2.24, 2.45) is 10.9 Å². The normalized spacial score (nSPS) is 13.0. The predicted octanol–water partition coefficient (Wildman–Crippen LogP) is 6.53. The van der Waals surface area contributed by atoms with E-state index in [1.54, 1.807) is 0 Å². The van der Waals surface area contributed by atoms with E-state index in [-0.39, 0.29) is 47.3 Å². The summed E-state index contributed by atoms with van der Waals surface area (Å²) in [6.45, 7) is 7.10. The fraction of sp³-hybridized carbons (Fsp3) is 0.917. The molecule has 0 bridgehead atoms. The second-order valence-corrected chi connectivity index (χ2v) is 12.6. The van der Waals surface area contributed by atoms with Crippen molar-refractivity contribution >= 4 is 17.8 Å². The third kappa shape index (κ3) is 29.9. The Morgan fingerprint density at radius 2 is 1.00 bits per heavy atom. The molecule has 0 aromatic carbocycles. The van der Waals surface area contributed by atoms with Gasteiger partial charge in [0.25, 0.3) is 0 Å². The Morgan fingerprint density at radius 3 is 1.44 bits per heavy atom. The first-order valence-corrected chi connectivity index (χ1v) is 18.2. The third-order valence-electron chi connectivity index (χ3n) is 8.48. The van der Waals surface area contributed by atoms with Gasteiger partial charge in [-0.05, 0) is 50.8 Å². The van der Waals surface area contributed by atoms with E-state index in [2.05, 4.69) is 31.1 Å². The molecule has 248 valence electrons. The quantitative estimate of drug-likeness (QED) is 0.0388. The summed E-state index contributed by atoms with van der Waals surface area (Å²) in [7, 11) is 0. The molecule has 0 aliphatic heterocycles. The van der Waals surface area contributed by atoms with Crippen LogP contribution in [0.4, 0.5) is 0 Å². The van der Waals surface area contributed by atoms with E-state index < -0.39 is 12.0 Å². The maximum Gasteiger partial charge on any atom is 1.00 e. The topological polar surface area (TPSA) is 102 Å². The second-order valence-electron chi connectivity index (χ2n) is 12.6. The van der Waals surface area contributed by atoms with Crippen LogP contribution >= 0.6 is 0 Å². The Kier molecular flexibility index (Phi) is 35.5. The monoisotopic (exact) mass is 617 g/mol. The van der Waals surface area contributed by atoms with Crippen LogP contribution in [0.1, 0.15) is 194 Å². The summed E-state index contributed by atoms with van der Waals surface area (Å²) in [6.07, 6.45) is 29.2. The Balaban J connectivity index is 0. The molecule has 2 atom stereocenters. The first-order chi connectivity index (χ1) is 20.5. The van der Waals surface area contributed by atoms with Gasteiger partial charge in [0.15, 0.2) is 0 Å². The molecule has 1 amide bonds. The van der Waals surface area contributed by atoms with Gasteiger partial charge in [-0.2, -0.15) is 0 Å². The molecule has 0 aromatic heterocycles. The summed E-state index contributed by atoms with van der Waals surface area (Å²) < 4.78 is 0. The van der Waals surface area contributed by atoms with Crippen molar-refractivity contribution in [1.82, 2.24) is 5.32 Å². The predicted molar refractivity (Wildman–Crippen MR) is 177 cm³/mol. The molecule has 0 rings (SSSR count). The third-order valence-corrected chi connectivity index (χ3v) is 8.48. The second kappa shape index (κ2) is 34.3. The minimum atomic E-state index is -0.973. The maximum absolute atomic E-state index is 13.1. The maximum atomic E-state index is 13.1. The fourth-order valence-electron chi connectivity index (χ4n) is 5.63. The number of hydrogen-bond donors (Lipinski definition) is 2. The number of hydrogen-bond acceptors (Lipinski definition) is 4. The van der Waals surface area contributed by atoms with Crippen LogP contribution in [0, 0.1) is 5.92 Å². The zero-order valence-electron chi connectivity index (χ0n) is 29.1. The molecule has 0 fully saturated rings. The average molecular weight is 617 g/mol. The van der Waals surface area contributed by atoms with Crippen molar-refractivity contribution in [2.75, 3.05) is 6.54 Å². The molecular weight excluding hydrogens is 547 g/mol. The molecule has 6 nitrogen and oxygen atoms in total. The Bertz CT molecular complexity index is 659. The Hall–Kier alpha value is -0.590. The molecule has 0 aliphatic rings. The minimum Gasteiger partial charge on any atom is -0.862 e. The summed E-state index contributed by atoms with van der Waals surface area (Å²) in [6, 6.07) is -0.869. The average Bonchev–Trinajstić information content (AvgIpc) is 2.97. The number of carbonyl (C=O) groups excluding carboxylic acids is 1. The van der Waals surface area contributed by atoms with Gasteiger partial charge >= 0.3 is 35.5 Å². The molecule has 0 spiro atoms. The van der Waals surface area contributed by atoms with E-state index in [9.17, 15) is 19.8 Å². The SMILES string of the molecule is CCCCCCCCCCCC([O-])=NCCCC[C@H](NC(=O)C(CCCCCCC)CCCCCCCCC)C(=O)O.[Na+]. The van der Waals surface area contributed by atoms with Crippen molar-refractivity contribution in [3.63, 3.8) is 0 Å². The fourth-order valence-corrected chi connectivity index (χ4v) is 5.63. The Morgan fingerprint density at radius 1 is 0.605 bits per heavy atom. The van der Waals surface area contributed by atoms with Gasteiger partial charge in [-0.15, -0.1) is 0 Å². The van der Waals surface area contributed by atoms with Crippen molar-refractivity contribution in [3.05, 3.63) is 0 Å². The van der Waals surface area contributed by atoms with Crippen LogP contribution in [-0.4, -0.2) is 35.5 Å². The number of unbranched alkanes of at least 4 members (excludes halogenated alkanes) is 19. The van der Waals surface area contributed by atoms with Crippen LogP contribution in [0.3, 0.4) is 0 Å². The number of carboxylic acids is 1. The van der Waals surface area contributed by atoms with Crippen LogP contribution in [0.15, 0.2) is 4.99 Å². The number of carboxylic acid groups (broad SMARTS) is 1. The zero-order chi connectivity index (χ0) is 31.1. The molecule has 0 aromatic rings. The molecule has 2 N–H and O–H groups in total. The van der Waals surface area contributed by atoms with Gasteiger partial charge in [0.1, 0.15) is 6.04 Å². The van der Waals surface area contributed by atoms with Gasteiger partial charge in [-0.25, -0.2) is 4.79 Å². The number of carbonyl (C=O) groups is 2. The molecule has 7 heteroatoms. The molecule has 1 unspecified atom stereocenters. The summed E-state index contributed by atoms with van der Waals surface area (Å²) in [5.41, 5.74) is 0. The van der Waals surface area contributed by atoms with Gasteiger partial charge in [-0.3, -0.25) is 4.79 Å². The van der Waals surface area contributed by atoms with Crippen molar-refractivity contribution in [1.29, 1.82) is 0 Å². The number of aliphatic imine (C=N–C) groups is 1. The summed E-state index contributed by atoms with van der Waals surface area (Å²) in [5, 5.41) is 24.7. The standard InChI is InChI=1S/C36H70N2O4.Na/c1-4-7-10-13-15-16-18-21-24-30-34(39)37-31-26-25-29-33(36(41)42)38-35(40)32(27-22-19-12-9-6-3)28-23-20-17-14-11-8-5-2;/h32-33H,4-31H2,1-3H3,(H,37,39)(H,38,40)(H,41,42);/q;+1/p-1/t32?,33-;/m0./s1. The minimum absolute atomic E-state index is 0. The molecular formula is C36H69N2NaO4. The van der Waals surface area contributed by atoms with Crippen molar-refractivity contribution < 1.29 is 49.4 Å². The number of rotatable bonds is 32. The zero-order valence-corrected chi connectivity index (χ0v) is 31.1. The van der Waals surface area contributed by atoms with E-state index in [1.165, 1.54) is 96.3 Å². The van der Waals surface area contributed by atoms with Gasteiger partial charge in [0.2, 0.25) is 5.91 Å². The summed E-state index contributed by atoms with van der Waals surface area (Å²) in [5.74, 6) is -1.20. The number of nitrogens with zero attached hydrogens (tertiary/aromatic N) is 1. The molecule has 0 saturated carbocycles. The molecule has 0 saturated heterocycles. The summed E-state index contributed by atoms with van der Waals surface area (Å²) in [4.78, 5) is 29.2. The van der Waals surface area contributed by atoms with Crippen LogP contribution in [0.2, 0.25) is 0 Å². The van der Waals surface area contributed by atoms with E-state index in [0.29, 0.717) is 32.2 Å². The van der Waals surface area contributed by atoms with Gasteiger partial charge in [-0.1, -0.05) is 149 Å². The molecule has 0 aliphatic carbocycles. The van der Waals surface area contributed by atoms with Gasteiger partial charge < -0.3 is 20.5 Å². The molecule has 43 heavy (non-hydrogen) atoms. The van der Waals surface area contributed by atoms with Crippen molar-refractivity contribution in [2.45, 2.75) is 200 Å². The van der Waals surface area contributed by atoms with Crippen LogP contribution in [-0.2, 0) is 9.59 Å². The Labute approximate surface area is 288 Å². The van der Waals surface area contributed by atoms with E-state index in [1.807, 2.05) is 0 Å².